The van der Waals surface area contributed by atoms with Gasteiger partial charge in [-0.3, -0.25) is 0 Å². The summed E-state index contributed by atoms with van der Waals surface area (Å²) in [6.45, 7) is 0. The van der Waals surface area contributed by atoms with Crippen LogP contribution in [-0.4, -0.2) is 0 Å². The van der Waals surface area contributed by atoms with Crippen molar-refractivity contribution in [1.82, 2.24) is 0 Å². The molecule has 5 heavy (non-hydrogen) atoms. The van der Waals surface area contributed by atoms with Crippen LogP contribution in [0.3, 0.4) is 0 Å². The standard InChI is InChI=1S/4O.W/q;3*-2;+6. The third-order valence-corrected chi connectivity index (χ3v) is 0. The number of hydrogen-bond acceptors (Lipinski definition) is 0. The van der Waals surface area contributed by atoms with Gasteiger partial charge in [-0.05, 0) is 0 Å². The van der Waals surface area contributed by atoms with Gasteiger partial charge in [0.05, 0.1) is 0 Å². The fraction of sp³-hybridized carbons (Fsp3) is 0. The number of rotatable bonds is 0. The topological polar surface area (TPSA) is 114 Å². The van der Waals surface area contributed by atoms with Gasteiger partial charge in [0.1, 0.15) is 0 Å². The van der Waals surface area contributed by atoms with Crippen molar-refractivity contribution in [2.75, 3.05) is 0 Å². The molecule has 0 aliphatic carbocycles. The van der Waals surface area contributed by atoms with Gasteiger partial charge in [-0.15, -0.1) is 0 Å². The molecule has 0 saturated carbocycles. The molecule has 0 aromatic carbocycles. The summed E-state index contributed by atoms with van der Waals surface area (Å²) in [6, 6.07) is 0. The largest absolute Gasteiger partial charge is 6.00 e. The predicted octanol–water partition coefficient (Wildman–Crippen LogP) is -0.478. The molecular formula is O4W. The van der Waals surface area contributed by atoms with Crippen molar-refractivity contribution >= 4 is 0 Å². The van der Waals surface area contributed by atoms with E-state index < -0.39 is 0 Å². The second kappa shape index (κ2) is 202. The molecule has 0 aliphatic heterocycles. The summed E-state index contributed by atoms with van der Waals surface area (Å²) in [7, 11) is 0. The van der Waals surface area contributed by atoms with E-state index in [1.54, 1.807) is 0 Å². The average Bonchev–Trinajstić information content (AvgIpc) is 0. The van der Waals surface area contributed by atoms with Crippen LogP contribution in [0, 0.1) is 0 Å². The molecule has 0 heterocycles. The van der Waals surface area contributed by atoms with Gasteiger partial charge in [0, 0.05) is 5.48 Å². The van der Waals surface area contributed by atoms with Gasteiger partial charge in [-0.2, -0.15) is 0 Å². The van der Waals surface area contributed by atoms with E-state index in [9.17, 15) is 0 Å². The van der Waals surface area contributed by atoms with Crippen molar-refractivity contribution in [3.8, 4) is 0 Å². The average molecular weight is 248 g/mol. The van der Waals surface area contributed by atoms with Crippen LogP contribution < -0.4 is 0 Å². The fourth-order valence-electron chi connectivity index (χ4n) is 0. The van der Waals surface area contributed by atoms with Gasteiger partial charge in [0.15, 0.2) is 0 Å². The van der Waals surface area contributed by atoms with Crippen molar-refractivity contribution in [2.45, 2.75) is 0 Å². The van der Waals surface area contributed by atoms with Gasteiger partial charge < -0.3 is 16.4 Å². The molecular weight excluding hydrogens is 248 g/mol. The molecule has 0 spiro atoms. The summed E-state index contributed by atoms with van der Waals surface area (Å²) in [5.74, 6) is 0. The molecule has 5 heteroatoms. The quantitative estimate of drug-likeness (QED) is 0.550. The third-order valence-electron chi connectivity index (χ3n) is 0. The van der Waals surface area contributed by atoms with Crippen LogP contribution >= 0.6 is 0 Å². The molecule has 0 bridgehead atoms. The molecule has 4 nitrogen and oxygen atoms in total. The normalized spacial score (nSPS) is 0. The first-order valence-corrected chi connectivity index (χ1v) is 0. The summed E-state index contributed by atoms with van der Waals surface area (Å²) in [5, 5.41) is 0. The number of hydrogen-bond donors (Lipinski definition) is 0. The third kappa shape index (κ3) is 104. The van der Waals surface area contributed by atoms with Crippen LogP contribution in [0.4, 0.5) is 0 Å². The van der Waals surface area contributed by atoms with E-state index in [2.05, 4.69) is 0 Å². The Kier molecular flexibility index (Phi) is 16400. The van der Waals surface area contributed by atoms with E-state index in [-0.39, 0.29) is 43.0 Å². The van der Waals surface area contributed by atoms with Crippen molar-refractivity contribution in [3.05, 3.63) is 0 Å². The van der Waals surface area contributed by atoms with Crippen molar-refractivity contribution in [2.24, 2.45) is 0 Å². The Morgan fingerprint density at radius 1 is 0.600 bits per heavy atom. The van der Waals surface area contributed by atoms with Crippen molar-refractivity contribution < 1.29 is 43.0 Å². The SMILES string of the molecule is [O-2].[O-2].[O-2].[O].[W+6]. The van der Waals surface area contributed by atoms with Gasteiger partial charge in [0.25, 0.3) is 0 Å². The van der Waals surface area contributed by atoms with Gasteiger partial charge in [-0.25, -0.2) is 0 Å². The molecule has 0 rings (SSSR count). The first-order chi connectivity index (χ1) is 0. The minimum atomic E-state index is 0. The summed E-state index contributed by atoms with van der Waals surface area (Å²) in [4.78, 5) is 0. The van der Waals surface area contributed by atoms with Gasteiger partial charge in [0.2, 0.25) is 0 Å². The molecule has 0 saturated heterocycles. The molecule has 0 aromatic heterocycles. The zero-order valence-corrected chi connectivity index (χ0v) is 4.97. The van der Waals surface area contributed by atoms with E-state index in [0.717, 1.165) is 0 Å². The van der Waals surface area contributed by atoms with Gasteiger partial charge in [-0.1, -0.05) is 0 Å². The summed E-state index contributed by atoms with van der Waals surface area (Å²) in [5.41, 5.74) is 0. The Morgan fingerprint density at radius 3 is 0.600 bits per heavy atom. The maximum absolute atomic E-state index is 0. The van der Waals surface area contributed by atoms with Crippen molar-refractivity contribution in [3.63, 3.8) is 0 Å². The summed E-state index contributed by atoms with van der Waals surface area (Å²) in [6.07, 6.45) is 0. The first kappa shape index (κ1) is 406. The van der Waals surface area contributed by atoms with Crippen LogP contribution in [0.15, 0.2) is 0 Å². The zero-order valence-electron chi connectivity index (χ0n) is 2.04. The Hall–Kier alpha value is 0.528. The molecule has 0 aliphatic rings. The minimum Gasteiger partial charge on any atom is -2.00 e. The van der Waals surface area contributed by atoms with E-state index in [1.165, 1.54) is 0 Å². The van der Waals surface area contributed by atoms with Crippen LogP contribution in [0.1, 0.15) is 0 Å². The van der Waals surface area contributed by atoms with E-state index in [1.807, 2.05) is 0 Å². The van der Waals surface area contributed by atoms with E-state index in [4.69, 9.17) is 0 Å². The monoisotopic (exact) mass is 248 g/mol. The second-order valence-electron chi connectivity index (χ2n) is 0. The van der Waals surface area contributed by atoms with Crippen molar-refractivity contribution in [1.29, 1.82) is 0 Å². The van der Waals surface area contributed by atoms with E-state index in [0.29, 0.717) is 0 Å². The minimum absolute atomic E-state index is 0. The maximum atomic E-state index is 0. The summed E-state index contributed by atoms with van der Waals surface area (Å²) < 4.78 is 0. The maximum Gasteiger partial charge on any atom is 6.00 e. The Bertz CT molecular complexity index is 3.61. The van der Waals surface area contributed by atoms with Gasteiger partial charge >= 0.3 is 21.1 Å². The molecule has 0 fully saturated rings. The van der Waals surface area contributed by atoms with Crippen LogP contribution in [0.25, 0.3) is 0 Å². The van der Waals surface area contributed by atoms with Crippen LogP contribution in [0.2, 0.25) is 0 Å². The molecule has 0 unspecified atom stereocenters. The molecule has 0 atom stereocenters. The van der Waals surface area contributed by atoms with E-state index >= 15 is 0 Å². The first-order valence-electron chi connectivity index (χ1n) is 0. The Labute approximate surface area is 43.7 Å². The zero-order chi connectivity index (χ0) is 0. The predicted molar refractivity (Wildman–Crippen MR) is 2.75 cm³/mol. The molecule has 2 radical (unpaired) electrons. The molecule has 0 aromatic rings. The Balaban J connectivity index is 0. The fourth-order valence-corrected chi connectivity index (χ4v) is 0. The Morgan fingerprint density at radius 2 is 0.600 bits per heavy atom. The molecule has 0 N–H and O–H groups in total. The molecule has 0 amide bonds. The summed E-state index contributed by atoms with van der Waals surface area (Å²) >= 11 is 0. The molecule has 30 valence electrons. The van der Waals surface area contributed by atoms with Crippen LogP contribution in [-0.2, 0) is 43.0 Å². The van der Waals surface area contributed by atoms with Crippen LogP contribution in [0.5, 0.6) is 0 Å². The smallest absolute Gasteiger partial charge is 2.00 e. The second-order valence-corrected chi connectivity index (χ2v) is 0.